The summed E-state index contributed by atoms with van der Waals surface area (Å²) in [4.78, 5) is 1.80. The van der Waals surface area contributed by atoms with E-state index >= 15 is 0 Å². The van der Waals surface area contributed by atoms with Crippen LogP contribution < -0.4 is 0 Å². The molecule has 4 nitrogen and oxygen atoms in total. The molecule has 0 heterocycles. The minimum absolute atomic E-state index is 0.0721. The zero-order valence-electron chi connectivity index (χ0n) is 7.65. The number of hydrogen-bond acceptors (Lipinski definition) is 4. The maximum absolute atomic E-state index is 11.0. The van der Waals surface area contributed by atoms with Gasteiger partial charge in [0.1, 0.15) is 0 Å². The second kappa shape index (κ2) is 5.50. The van der Waals surface area contributed by atoms with Crippen LogP contribution in [-0.4, -0.2) is 56.7 Å². The molecule has 12 heavy (non-hydrogen) atoms. The van der Waals surface area contributed by atoms with Crippen LogP contribution in [0.3, 0.4) is 0 Å². The predicted octanol–water partition coefficient (Wildman–Crippen LogP) is -0.655. The Morgan fingerprint density at radius 2 is 1.92 bits per heavy atom. The largest absolute Gasteiger partial charge is 0.395 e. The van der Waals surface area contributed by atoms with Gasteiger partial charge in [-0.1, -0.05) is 6.92 Å². The Bertz CT molecular complexity index is 201. The SMILES string of the molecule is CCS(=O)(=O)CCN(C)CCO. The quantitative estimate of drug-likeness (QED) is 0.611. The molecule has 0 spiro atoms. The van der Waals surface area contributed by atoms with Crippen LogP contribution in [0.15, 0.2) is 0 Å². The molecule has 0 saturated heterocycles. The minimum Gasteiger partial charge on any atom is -0.395 e. The van der Waals surface area contributed by atoms with E-state index in [1.165, 1.54) is 0 Å². The van der Waals surface area contributed by atoms with Crippen LogP contribution in [0.1, 0.15) is 6.92 Å². The Morgan fingerprint density at radius 3 is 2.33 bits per heavy atom. The molecule has 5 heteroatoms. The molecule has 0 radical (unpaired) electrons. The summed E-state index contributed by atoms with van der Waals surface area (Å²) in [5, 5.41) is 8.53. The molecule has 0 atom stereocenters. The number of nitrogens with zero attached hydrogens (tertiary/aromatic N) is 1. The highest BCUT2D eigenvalue weighted by molar-refractivity contribution is 7.91. The third-order valence-electron chi connectivity index (χ3n) is 1.71. The van der Waals surface area contributed by atoms with Crippen molar-refractivity contribution in [2.24, 2.45) is 0 Å². The molecule has 0 saturated carbocycles. The molecular weight excluding hydrogens is 178 g/mol. The molecule has 0 aliphatic carbocycles. The van der Waals surface area contributed by atoms with Crippen molar-refractivity contribution < 1.29 is 13.5 Å². The number of likely N-dealkylation sites (N-methyl/N-ethyl adjacent to an activating group) is 1. The summed E-state index contributed by atoms with van der Waals surface area (Å²) in [7, 11) is -1.06. The average molecular weight is 195 g/mol. The van der Waals surface area contributed by atoms with Gasteiger partial charge in [0.15, 0.2) is 9.84 Å². The molecule has 0 aromatic carbocycles. The van der Waals surface area contributed by atoms with Crippen molar-refractivity contribution >= 4 is 9.84 Å². The summed E-state index contributed by atoms with van der Waals surface area (Å²) in [5.74, 6) is 0.375. The Hall–Kier alpha value is -0.130. The van der Waals surface area contributed by atoms with Gasteiger partial charge < -0.3 is 10.0 Å². The molecule has 0 aromatic heterocycles. The summed E-state index contributed by atoms with van der Waals surface area (Å²) in [6, 6.07) is 0. The van der Waals surface area contributed by atoms with Gasteiger partial charge in [0, 0.05) is 18.8 Å². The van der Waals surface area contributed by atoms with Gasteiger partial charge in [-0.25, -0.2) is 8.42 Å². The maximum Gasteiger partial charge on any atom is 0.151 e. The van der Waals surface area contributed by atoms with Crippen molar-refractivity contribution in [1.82, 2.24) is 4.90 Å². The van der Waals surface area contributed by atoms with Crippen molar-refractivity contribution in [3.05, 3.63) is 0 Å². The normalized spacial score (nSPS) is 12.3. The molecule has 0 unspecified atom stereocenters. The first-order valence-electron chi connectivity index (χ1n) is 4.01. The van der Waals surface area contributed by atoms with Gasteiger partial charge >= 0.3 is 0 Å². The summed E-state index contributed by atoms with van der Waals surface area (Å²) in [6.07, 6.45) is 0. The van der Waals surface area contributed by atoms with Crippen molar-refractivity contribution in [3.63, 3.8) is 0 Å². The number of aliphatic hydroxyl groups excluding tert-OH is 1. The van der Waals surface area contributed by atoms with E-state index in [-0.39, 0.29) is 18.1 Å². The van der Waals surface area contributed by atoms with Crippen molar-refractivity contribution in [1.29, 1.82) is 0 Å². The smallest absolute Gasteiger partial charge is 0.151 e. The van der Waals surface area contributed by atoms with E-state index in [1.54, 1.807) is 18.9 Å². The Labute approximate surface area is 74.1 Å². The highest BCUT2D eigenvalue weighted by atomic mass is 32.2. The highest BCUT2D eigenvalue weighted by Crippen LogP contribution is 1.91. The summed E-state index contributed by atoms with van der Waals surface area (Å²) in [6.45, 7) is 2.74. The summed E-state index contributed by atoms with van der Waals surface area (Å²) in [5.41, 5.74) is 0. The fraction of sp³-hybridized carbons (Fsp3) is 1.00. The lowest BCUT2D eigenvalue weighted by atomic mass is 10.5. The van der Waals surface area contributed by atoms with E-state index in [9.17, 15) is 8.42 Å². The molecule has 0 aromatic rings. The standard InChI is InChI=1S/C7H17NO3S/c1-3-12(10,11)7-5-8(2)4-6-9/h9H,3-7H2,1-2H3. The first kappa shape index (κ1) is 11.9. The van der Waals surface area contributed by atoms with Crippen LogP contribution in [0.4, 0.5) is 0 Å². The third-order valence-corrected chi connectivity index (χ3v) is 3.39. The Kier molecular flexibility index (Phi) is 5.44. The fourth-order valence-corrected chi connectivity index (χ4v) is 1.60. The fourth-order valence-electron chi connectivity index (χ4n) is 0.722. The number of aliphatic hydroxyl groups is 1. The molecule has 74 valence electrons. The van der Waals surface area contributed by atoms with Crippen molar-refractivity contribution in [2.45, 2.75) is 6.92 Å². The van der Waals surface area contributed by atoms with Gasteiger partial charge in [-0.15, -0.1) is 0 Å². The predicted molar refractivity (Wildman–Crippen MR) is 48.9 cm³/mol. The lowest BCUT2D eigenvalue weighted by Gasteiger charge is -2.13. The van der Waals surface area contributed by atoms with Crippen LogP contribution in [0.2, 0.25) is 0 Å². The van der Waals surface area contributed by atoms with Gasteiger partial charge in [-0.05, 0) is 7.05 Å². The topological polar surface area (TPSA) is 57.6 Å². The van der Waals surface area contributed by atoms with E-state index in [4.69, 9.17) is 5.11 Å². The first-order valence-corrected chi connectivity index (χ1v) is 5.84. The zero-order chi connectivity index (χ0) is 9.61. The van der Waals surface area contributed by atoms with Gasteiger partial charge in [0.05, 0.1) is 12.4 Å². The minimum atomic E-state index is -2.86. The van der Waals surface area contributed by atoms with Crippen molar-refractivity contribution in [3.8, 4) is 0 Å². The summed E-state index contributed by atoms with van der Waals surface area (Å²) >= 11 is 0. The Balaban J connectivity index is 3.68. The monoisotopic (exact) mass is 195 g/mol. The van der Waals surface area contributed by atoms with E-state index in [1.807, 2.05) is 0 Å². The Morgan fingerprint density at radius 1 is 1.33 bits per heavy atom. The molecular formula is C7H17NO3S. The molecule has 0 fully saturated rings. The number of rotatable bonds is 6. The molecule has 0 aliphatic heterocycles. The molecule has 1 N–H and O–H groups in total. The molecule has 0 amide bonds. The van der Waals surface area contributed by atoms with Crippen LogP contribution in [-0.2, 0) is 9.84 Å². The second-order valence-electron chi connectivity index (χ2n) is 2.76. The van der Waals surface area contributed by atoms with Gasteiger partial charge in [0.2, 0.25) is 0 Å². The lowest BCUT2D eigenvalue weighted by molar-refractivity contribution is 0.227. The van der Waals surface area contributed by atoms with Crippen LogP contribution in [0.25, 0.3) is 0 Å². The van der Waals surface area contributed by atoms with Crippen LogP contribution >= 0.6 is 0 Å². The van der Waals surface area contributed by atoms with Crippen molar-refractivity contribution in [2.75, 3.05) is 38.2 Å². The van der Waals surface area contributed by atoms with Crippen LogP contribution in [0.5, 0.6) is 0 Å². The number of sulfone groups is 1. The van der Waals surface area contributed by atoms with E-state index < -0.39 is 9.84 Å². The maximum atomic E-state index is 11.0. The zero-order valence-corrected chi connectivity index (χ0v) is 8.47. The van der Waals surface area contributed by atoms with Gasteiger partial charge in [-0.2, -0.15) is 0 Å². The third kappa shape index (κ3) is 5.51. The van der Waals surface area contributed by atoms with E-state index in [2.05, 4.69) is 0 Å². The van der Waals surface area contributed by atoms with E-state index in [0.29, 0.717) is 13.1 Å². The van der Waals surface area contributed by atoms with Gasteiger partial charge in [0.25, 0.3) is 0 Å². The van der Waals surface area contributed by atoms with Gasteiger partial charge in [-0.3, -0.25) is 0 Å². The average Bonchev–Trinajstić information content (AvgIpc) is 2.02. The molecule has 0 aliphatic rings. The first-order chi connectivity index (χ1) is 5.52. The van der Waals surface area contributed by atoms with Crippen LogP contribution in [0, 0.1) is 0 Å². The van der Waals surface area contributed by atoms with E-state index in [0.717, 1.165) is 0 Å². The molecule has 0 bridgehead atoms. The highest BCUT2D eigenvalue weighted by Gasteiger charge is 2.08. The summed E-state index contributed by atoms with van der Waals surface area (Å²) < 4.78 is 22.0. The second-order valence-corrected chi connectivity index (χ2v) is 5.24. The number of hydrogen-bond donors (Lipinski definition) is 1. The lowest BCUT2D eigenvalue weighted by Crippen LogP contribution is -2.28. The molecule has 0 rings (SSSR count).